The molecule has 0 atom stereocenters. The minimum Gasteiger partial charge on any atom is -0.212 e. The Kier molecular flexibility index (Phi) is 2.65. The van der Waals surface area contributed by atoms with Crippen LogP contribution in [-0.2, 0) is 15.5 Å². The predicted octanol–water partition coefficient (Wildman–Crippen LogP) is 1.77. The second-order valence-corrected chi connectivity index (χ2v) is 6.99. The van der Waals surface area contributed by atoms with Crippen molar-refractivity contribution in [2.24, 2.45) is 0 Å². The molecule has 0 N–H and O–H groups in total. The molecule has 0 spiro atoms. The van der Waals surface area contributed by atoms with Gasteiger partial charge in [-0.2, -0.15) is 5.10 Å². The smallest absolute Gasteiger partial charge is 0.212 e. The van der Waals surface area contributed by atoms with Crippen LogP contribution in [0.4, 0.5) is 0 Å². The van der Waals surface area contributed by atoms with Crippen LogP contribution in [0.1, 0.15) is 18.5 Å². The molecular formula is C8H8Cl2N2O2S. The number of aromatic nitrogens is 2. The van der Waals surface area contributed by atoms with Crippen LogP contribution in [0.5, 0.6) is 0 Å². The Morgan fingerprint density at radius 3 is 2.40 bits per heavy atom. The van der Waals surface area contributed by atoms with Crippen molar-refractivity contribution in [1.29, 1.82) is 0 Å². The average molecular weight is 267 g/mol. The molecule has 1 aromatic heterocycles. The third-order valence-corrected chi connectivity index (χ3v) is 5.29. The molecular weight excluding hydrogens is 259 g/mol. The summed E-state index contributed by atoms with van der Waals surface area (Å²) in [6.45, 7) is 0. The van der Waals surface area contributed by atoms with E-state index in [1.54, 1.807) is 12.1 Å². The van der Waals surface area contributed by atoms with Crippen LogP contribution >= 0.6 is 22.3 Å². The van der Waals surface area contributed by atoms with Crippen molar-refractivity contribution >= 4 is 31.3 Å². The van der Waals surface area contributed by atoms with Crippen molar-refractivity contribution in [3.8, 4) is 0 Å². The molecule has 1 aliphatic carbocycles. The van der Waals surface area contributed by atoms with Crippen LogP contribution in [0, 0.1) is 0 Å². The highest BCUT2D eigenvalue weighted by Gasteiger charge is 2.54. The molecule has 0 aliphatic heterocycles. The molecule has 1 aromatic rings. The van der Waals surface area contributed by atoms with Gasteiger partial charge in [-0.25, -0.2) is 8.42 Å². The summed E-state index contributed by atoms with van der Waals surface area (Å²) in [5, 5.41) is 7.75. The van der Waals surface area contributed by atoms with Gasteiger partial charge in [-0.1, -0.05) is 11.6 Å². The van der Waals surface area contributed by atoms with E-state index in [0.29, 0.717) is 25.0 Å². The molecule has 0 saturated heterocycles. The van der Waals surface area contributed by atoms with Crippen molar-refractivity contribution < 1.29 is 8.42 Å². The van der Waals surface area contributed by atoms with Crippen molar-refractivity contribution in [3.05, 3.63) is 23.0 Å². The maximum atomic E-state index is 11.3. The normalized spacial score (nSPS) is 18.8. The third-order valence-electron chi connectivity index (χ3n) is 2.52. The molecule has 4 nitrogen and oxygen atoms in total. The third kappa shape index (κ3) is 2.24. The number of rotatable bonds is 3. The Bertz CT molecular complexity index is 468. The van der Waals surface area contributed by atoms with Crippen molar-refractivity contribution in [2.45, 2.75) is 24.0 Å². The lowest BCUT2D eigenvalue weighted by molar-refractivity contribution is 0.588. The van der Waals surface area contributed by atoms with Gasteiger partial charge >= 0.3 is 0 Å². The maximum Gasteiger partial charge on any atom is 0.238 e. The van der Waals surface area contributed by atoms with E-state index >= 15 is 0 Å². The molecule has 0 radical (unpaired) electrons. The molecule has 0 aromatic carbocycles. The molecule has 1 saturated carbocycles. The largest absolute Gasteiger partial charge is 0.238 e. The van der Waals surface area contributed by atoms with E-state index in [9.17, 15) is 8.42 Å². The van der Waals surface area contributed by atoms with Crippen molar-refractivity contribution in [2.75, 3.05) is 0 Å². The zero-order valence-electron chi connectivity index (χ0n) is 7.65. The van der Waals surface area contributed by atoms with Gasteiger partial charge in [0.15, 0.2) is 5.15 Å². The molecule has 0 bridgehead atoms. The van der Waals surface area contributed by atoms with Gasteiger partial charge in [0.05, 0.1) is 10.4 Å². The molecule has 2 rings (SSSR count). The van der Waals surface area contributed by atoms with Crippen LogP contribution < -0.4 is 0 Å². The van der Waals surface area contributed by atoms with Crippen molar-refractivity contribution in [1.82, 2.24) is 10.2 Å². The number of nitrogens with zero attached hydrogens (tertiary/aromatic N) is 2. The van der Waals surface area contributed by atoms with E-state index in [1.165, 1.54) is 0 Å². The molecule has 1 fully saturated rings. The van der Waals surface area contributed by atoms with Crippen molar-refractivity contribution in [3.63, 3.8) is 0 Å². The lowest BCUT2D eigenvalue weighted by Gasteiger charge is -2.09. The first-order valence-electron chi connectivity index (χ1n) is 4.35. The lowest BCUT2D eigenvalue weighted by Crippen LogP contribution is -2.21. The first-order chi connectivity index (χ1) is 6.93. The first kappa shape index (κ1) is 11.1. The molecule has 82 valence electrons. The molecule has 0 amide bonds. The van der Waals surface area contributed by atoms with E-state index < -0.39 is 13.8 Å². The second-order valence-electron chi connectivity index (χ2n) is 3.65. The Hall–Kier alpha value is -0.390. The zero-order valence-corrected chi connectivity index (χ0v) is 9.98. The molecule has 7 heteroatoms. The fraction of sp³-hybridized carbons (Fsp3) is 0.500. The van der Waals surface area contributed by atoms with Crippen LogP contribution in [0.2, 0.25) is 5.15 Å². The Morgan fingerprint density at radius 2 is 2.00 bits per heavy atom. The minimum atomic E-state index is -3.53. The highest BCUT2D eigenvalue weighted by molar-refractivity contribution is 8.15. The first-order valence-corrected chi connectivity index (χ1v) is 7.04. The highest BCUT2D eigenvalue weighted by Crippen LogP contribution is 2.47. The molecule has 1 heterocycles. The Morgan fingerprint density at radius 1 is 1.33 bits per heavy atom. The van der Waals surface area contributed by atoms with Gasteiger partial charge in [-0.05, 0) is 25.0 Å². The second kappa shape index (κ2) is 3.57. The van der Waals surface area contributed by atoms with E-state index in [2.05, 4.69) is 10.2 Å². The van der Waals surface area contributed by atoms with Gasteiger partial charge in [0.1, 0.15) is 0 Å². The summed E-state index contributed by atoms with van der Waals surface area (Å²) in [6, 6.07) is 3.25. The molecule has 15 heavy (non-hydrogen) atoms. The van der Waals surface area contributed by atoms with E-state index in [-0.39, 0.29) is 5.15 Å². The van der Waals surface area contributed by atoms with Gasteiger partial charge < -0.3 is 0 Å². The summed E-state index contributed by atoms with van der Waals surface area (Å²) >= 11 is 5.57. The minimum absolute atomic E-state index is 0.289. The summed E-state index contributed by atoms with van der Waals surface area (Å²) < 4.78 is 21.7. The van der Waals surface area contributed by atoms with E-state index in [0.717, 1.165) is 0 Å². The van der Waals surface area contributed by atoms with E-state index in [4.69, 9.17) is 22.3 Å². The van der Waals surface area contributed by atoms with Gasteiger partial charge in [0.2, 0.25) is 9.05 Å². The quantitative estimate of drug-likeness (QED) is 0.783. The van der Waals surface area contributed by atoms with Gasteiger partial charge in [-0.15, -0.1) is 5.10 Å². The highest BCUT2D eigenvalue weighted by atomic mass is 35.7. The number of halogens is 2. The fourth-order valence-corrected chi connectivity index (χ4v) is 3.05. The number of hydrogen-bond acceptors (Lipinski definition) is 4. The predicted molar refractivity (Wildman–Crippen MR) is 57.5 cm³/mol. The monoisotopic (exact) mass is 266 g/mol. The van der Waals surface area contributed by atoms with Crippen LogP contribution in [0.25, 0.3) is 0 Å². The average Bonchev–Trinajstić information content (AvgIpc) is 2.89. The standard InChI is InChI=1S/C8H8Cl2N2O2S/c9-7-2-1-6(11-12-7)5-8(3-4-8)15(10,13)14/h1-2H,3-5H2. The fourth-order valence-electron chi connectivity index (χ4n) is 1.41. The van der Waals surface area contributed by atoms with Crippen LogP contribution in [-0.4, -0.2) is 23.4 Å². The summed E-state index contributed by atoms with van der Waals surface area (Å²) in [5.41, 5.74) is 0.598. The SMILES string of the molecule is O=S(=O)(Cl)C1(Cc2ccc(Cl)nn2)CC1. The number of hydrogen-bond donors (Lipinski definition) is 0. The molecule has 1 aliphatic rings. The van der Waals surface area contributed by atoms with Gasteiger partial charge in [0, 0.05) is 17.1 Å². The van der Waals surface area contributed by atoms with Crippen LogP contribution in [0.15, 0.2) is 12.1 Å². The Balaban J connectivity index is 2.20. The summed E-state index contributed by atoms with van der Waals surface area (Å²) in [4.78, 5) is 0. The van der Waals surface area contributed by atoms with Gasteiger partial charge in [-0.3, -0.25) is 0 Å². The Labute approximate surface area is 97.0 Å². The van der Waals surface area contributed by atoms with Crippen LogP contribution in [0.3, 0.4) is 0 Å². The topological polar surface area (TPSA) is 59.9 Å². The maximum absolute atomic E-state index is 11.3. The zero-order chi connectivity index (χ0) is 11.1. The lowest BCUT2D eigenvalue weighted by atomic mass is 10.2. The summed E-state index contributed by atoms with van der Waals surface area (Å²) in [5.74, 6) is 0. The van der Waals surface area contributed by atoms with Gasteiger partial charge in [0.25, 0.3) is 0 Å². The van der Waals surface area contributed by atoms with E-state index in [1.807, 2.05) is 0 Å². The molecule has 0 unspecified atom stereocenters. The summed E-state index contributed by atoms with van der Waals surface area (Å²) in [6.07, 6.45) is 1.48. The summed E-state index contributed by atoms with van der Waals surface area (Å²) in [7, 11) is 1.84.